The standard InChI is InChI=1S/C16H14FNO3S/c1-22-12-6-4-5-11(9-12)18-15(19)10-21-16(20)13-7-2-3-8-14(13)17/h2-9H,10H2,1H3,(H,18,19). The van der Waals surface area contributed by atoms with Crippen molar-refractivity contribution >= 4 is 29.3 Å². The average Bonchev–Trinajstić information content (AvgIpc) is 2.53. The summed E-state index contributed by atoms with van der Waals surface area (Å²) in [6, 6.07) is 12.7. The molecule has 0 spiro atoms. The van der Waals surface area contributed by atoms with E-state index in [1.165, 1.54) is 18.2 Å². The quantitative estimate of drug-likeness (QED) is 0.678. The summed E-state index contributed by atoms with van der Waals surface area (Å²) in [5, 5.41) is 2.61. The van der Waals surface area contributed by atoms with Gasteiger partial charge in [-0.3, -0.25) is 4.79 Å². The van der Waals surface area contributed by atoms with Crippen LogP contribution in [0.25, 0.3) is 0 Å². The van der Waals surface area contributed by atoms with Crippen LogP contribution >= 0.6 is 11.8 Å². The number of nitrogens with one attached hydrogen (secondary N) is 1. The smallest absolute Gasteiger partial charge is 0.341 e. The Labute approximate surface area is 131 Å². The molecule has 0 saturated carbocycles. The number of carbonyl (C=O) groups is 2. The second-order valence-corrected chi connectivity index (χ2v) is 5.22. The molecule has 0 saturated heterocycles. The van der Waals surface area contributed by atoms with Gasteiger partial charge in [-0.05, 0) is 36.6 Å². The van der Waals surface area contributed by atoms with Crippen LogP contribution < -0.4 is 5.32 Å². The summed E-state index contributed by atoms with van der Waals surface area (Å²) < 4.78 is 18.2. The Kier molecular flexibility index (Phi) is 5.55. The zero-order valence-corrected chi connectivity index (χ0v) is 12.7. The van der Waals surface area contributed by atoms with E-state index in [-0.39, 0.29) is 5.56 Å². The Morgan fingerprint density at radius 1 is 1.18 bits per heavy atom. The van der Waals surface area contributed by atoms with Gasteiger partial charge in [-0.2, -0.15) is 0 Å². The van der Waals surface area contributed by atoms with Crippen LogP contribution in [0.15, 0.2) is 53.4 Å². The van der Waals surface area contributed by atoms with E-state index in [2.05, 4.69) is 5.32 Å². The van der Waals surface area contributed by atoms with Gasteiger partial charge in [0.2, 0.25) is 0 Å². The van der Waals surface area contributed by atoms with Gasteiger partial charge in [-0.25, -0.2) is 9.18 Å². The van der Waals surface area contributed by atoms with Gasteiger partial charge < -0.3 is 10.1 Å². The summed E-state index contributed by atoms with van der Waals surface area (Å²) in [5.74, 6) is -2.03. The van der Waals surface area contributed by atoms with Crippen molar-refractivity contribution in [2.45, 2.75) is 4.90 Å². The van der Waals surface area contributed by atoms with E-state index in [1.54, 1.807) is 23.9 Å². The van der Waals surface area contributed by atoms with E-state index in [0.29, 0.717) is 5.69 Å². The average molecular weight is 319 g/mol. The molecule has 0 aliphatic rings. The summed E-state index contributed by atoms with van der Waals surface area (Å²) >= 11 is 1.55. The maximum Gasteiger partial charge on any atom is 0.341 e. The third-order valence-electron chi connectivity index (χ3n) is 2.78. The summed E-state index contributed by atoms with van der Waals surface area (Å²) in [7, 11) is 0. The van der Waals surface area contributed by atoms with Crippen molar-refractivity contribution < 1.29 is 18.7 Å². The molecule has 0 aliphatic heterocycles. The Morgan fingerprint density at radius 2 is 1.95 bits per heavy atom. The fourth-order valence-corrected chi connectivity index (χ4v) is 2.19. The van der Waals surface area contributed by atoms with Gasteiger partial charge in [0.1, 0.15) is 5.82 Å². The number of amides is 1. The Morgan fingerprint density at radius 3 is 2.68 bits per heavy atom. The Hall–Kier alpha value is -2.34. The number of halogens is 1. The van der Waals surface area contributed by atoms with Gasteiger partial charge in [0, 0.05) is 10.6 Å². The fourth-order valence-electron chi connectivity index (χ4n) is 1.73. The second-order valence-electron chi connectivity index (χ2n) is 4.34. The number of thioether (sulfide) groups is 1. The minimum Gasteiger partial charge on any atom is -0.452 e. The van der Waals surface area contributed by atoms with Gasteiger partial charge in [0.15, 0.2) is 6.61 Å². The van der Waals surface area contributed by atoms with Gasteiger partial charge in [-0.15, -0.1) is 11.8 Å². The normalized spacial score (nSPS) is 10.1. The SMILES string of the molecule is CSc1cccc(NC(=O)COC(=O)c2ccccc2F)c1. The molecule has 0 radical (unpaired) electrons. The molecule has 0 heterocycles. The maximum atomic E-state index is 13.4. The van der Waals surface area contributed by atoms with Gasteiger partial charge in [-0.1, -0.05) is 18.2 Å². The molecule has 0 bridgehead atoms. The predicted molar refractivity (Wildman–Crippen MR) is 83.5 cm³/mol. The number of hydrogen-bond acceptors (Lipinski definition) is 4. The number of ether oxygens (including phenoxy) is 1. The maximum absolute atomic E-state index is 13.4. The number of hydrogen-bond donors (Lipinski definition) is 1. The molecule has 4 nitrogen and oxygen atoms in total. The molecule has 0 fully saturated rings. The van der Waals surface area contributed by atoms with Crippen LogP contribution in [-0.4, -0.2) is 24.7 Å². The molecular weight excluding hydrogens is 305 g/mol. The number of benzene rings is 2. The molecule has 0 aliphatic carbocycles. The molecule has 2 aromatic rings. The Balaban J connectivity index is 1.90. The molecule has 22 heavy (non-hydrogen) atoms. The fraction of sp³-hybridized carbons (Fsp3) is 0.125. The van der Waals surface area contributed by atoms with Crippen molar-refractivity contribution in [3.63, 3.8) is 0 Å². The van der Waals surface area contributed by atoms with Crippen LogP contribution in [0, 0.1) is 5.82 Å². The van der Waals surface area contributed by atoms with Crippen molar-refractivity contribution in [3.05, 3.63) is 59.9 Å². The monoisotopic (exact) mass is 319 g/mol. The first-order valence-electron chi connectivity index (χ1n) is 6.45. The Bertz CT molecular complexity index is 691. The molecule has 0 atom stereocenters. The molecule has 2 rings (SSSR count). The first kappa shape index (κ1) is 16.0. The first-order valence-corrected chi connectivity index (χ1v) is 7.68. The molecule has 1 amide bonds. The van der Waals surface area contributed by atoms with E-state index >= 15 is 0 Å². The van der Waals surface area contributed by atoms with E-state index < -0.39 is 24.3 Å². The molecule has 2 aromatic carbocycles. The molecule has 0 aromatic heterocycles. The highest BCUT2D eigenvalue weighted by Gasteiger charge is 2.14. The lowest BCUT2D eigenvalue weighted by Crippen LogP contribution is -2.21. The highest BCUT2D eigenvalue weighted by atomic mass is 32.2. The topological polar surface area (TPSA) is 55.4 Å². The predicted octanol–water partition coefficient (Wildman–Crippen LogP) is 3.34. The van der Waals surface area contributed by atoms with Crippen molar-refractivity contribution in [3.8, 4) is 0 Å². The van der Waals surface area contributed by atoms with Crippen molar-refractivity contribution in [1.29, 1.82) is 0 Å². The minimum absolute atomic E-state index is 0.195. The van der Waals surface area contributed by atoms with Crippen molar-refractivity contribution in [1.82, 2.24) is 0 Å². The molecular formula is C16H14FNO3S. The summed E-state index contributed by atoms with van der Waals surface area (Å²) in [6.07, 6.45) is 1.93. The first-order chi connectivity index (χ1) is 10.6. The lowest BCUT2D eigenvalue weighted by atomic mass is 10.2. The molecule has 114 valence electrons. The molecule has 0 unspecified atom stereocenters. The van der Waals surface area contributed by atoms with Crippen LogP contribution in [0.4, 0.5) is 10.1 Å². The van der Waals surface area contributed by atoms with E-state index in [0.717, 1.165) is 11.0 Å². The van der Waals surface area contributed by atoms with Gasteiger partial charge in [0.25, 0.3) is 5.91 Å². The van der Waals surface area contributed by atoms with Crippen molar-refractivity contribution in [2.24, 2.45) is 0 Å². The number of anilines is 1. The van der Waals surface area contributed by atoms with E-state index in [9.17, 15) is 14.0 Å². The minimum atomic E-state index is -0.869. The number of esters is 1. The lowest BCUT2D eigenvalue weighted by molar-refractivity contribution is -0.119. The zero-order chi connectivity index (χ0) is 15.9. The van der Waals surface area contributed by atoms with Crippen LogP contribution in [0.3, 0.4) is 0 Å². The van der Waals surface area contributed by atoms with Gasteiger partial charge in [0.05, 0.1) is 5.56 Å². The highest BCUT2D eigenvalue weighted by molar-refractivity contribution is 7.98. The highest BCUT2D eigenvalue weighted by Crippen LogP contribution is 2.18. The largest absolute Gasteiger partial charge is 0.452 e. The molecule has 6 heteroatoms. The third kappa shape index (κ3) is 4.33. The third-order valence-corrected chi connectivity index (χ3v) is 3.51. The second kappa shape index (κ2) is 7.61. The number of carbonyl (C=O) groups excluding carboxylic acids is 2. The zero-order valence-electron chi connectivity index (χ0n) is 11.8. The van der Waals surface area contributed by atoms with Gasteiger partial charge >= 0.3 is 5.97 Å². The van der Waals surface area contributed by atoms with Crippen LogP contribution in [0.2, 0.25) is 0 Å². The van der Waals surface area contributed by atoms with Crippen LogP contribution in [-0.2, 0) is 9.53 Å². The summed E-state index contributed by atoms with van der Waals surface area (Å²) in [4.78, 5) is 24.4. The van der Waals surface area contributed by atoms with E-state index in [4.69, 9.17) is 4.74 Å². The molecule has 1 N–H and O–H groups in total. The summed E-state index contributed by atoms with van der Waals surface area (Å²) in [6.45, 7) is -0.476. The van der Waals surface area contributed by atoms with Crippen LogP contribution in [0.1, 0.15) is 10.4 Å². The van der Waals surface area contributed by atoms with Crippen LogP contribution in [0.5, 0.6) is 0 Å². The summed E-state index contributed by atoms with van der Waals surface area (Å²) in [5.41, 5.74) is 0.415. The number of rotatable bonds is 5. The van der Waals surface area contributed by atoms with Crippen molar-refractivity contribution in [2.75, 3.05) is 18.2 Å². The van der Waals surface area contributed by atoms with E-state index in [1.807, 2.05) is 18.4 Å². The lowest BCUT2D eigenvalue weighted by Gasteiger charge is -2.08.